The number of rotatable bonds is 5. The topological polar surface area (TPSA) is 60.7 Å². The Kier molecular flexibility index (Phi) is 6.06. The maximum absolute atomic E-state index is 10.2. The van der Waals surface area contributed by atoms with Crippen molar-refractivity contribution in [3.05, 3.63) is 168 Å². The second-order valence-electron chi connectivity index (χ2n) is 10.2. The molecule has 0 aromatic heterocycles. The summed E-state index contributed by atoms with van der Waals surface area (Å²) in [6.07, 6.45) is 0. The van der Waals surface area contributed by atoms with E-state index < -0.39 is 16.3 Å². The molecule has 0 aliphatic heterocycles. The molecule has 0 spiro atoms. The summed E-state index contributed by atoms with van der Waals surface area (Å²) in [7, 11) is -0.472. The second-order valence-corrected chi connectivity index (χ2v) is 12.2. The molecule has 0 saturated carbocycles. The molecule has 1 unspecified atom stereocenters. The molecule has 1 aliphatic carbocycles. The first-order chi connectivity index (χ1) is 20.1. The van der Waals surface area contributed by atoms with Crippen LogP contribution >= 0.6 is 0 Å². The van der Waals surface area contributed by atoms with Crippen molar-refractivity contribution in [2.45, 2.75) is 20.1 Å². The lowest BCUT2D eigenvalue weighted by molar-refractivity contribution is 0.474. The quantitative estimate of drug-likeness (QED) is 0.189. The number of benzene rings is 6. The summed E-state index contributed by atoms with van der Waals surface area (Å²) < 4.78 is 0. The van der Waals surface area contributed by atoms with Crippen molar-refractivity contribution in [3.63, 3.8) is 0 Å². The van der Waals surface area contributed by atoms with Crippen LogP contribution in [-0.2, 0) is 16.3 Å². The highest BCUT2D eigenvalue weighted by Crippen LogP contribution is 2.56. The Morgan fingerprint density at radius 2 is 0.854 bits per heavy atom. The highest BCUT2D eigenvalue weighted by Gasteiger charge is 2.46. The summed E-state index contributed by atoms with van der Waals surface area (Å²) in [4.78, 5) is 3.30. The fourth-order valence-electron chi connectivity index (χ4n) is 6.15. The van der Waals surface area contributed by atoms with Crippen molar-refractivity contribution < 1.29 is 15.3 Å². The van der Waals surface area contributed by atoms with Crippen LogP contribution in [0.2, 0.25) is 0 Å². The van der Waals surface area contributed by atoms with E-state index in [2.05, 4.69) is 66.7 Å². The maximum atomic E-state index is 10.2. The van der Waals surface area contributed by atoms with Gasteiger partial charge in [0.15, 0.2) is 14.7 Å². The van der Waals surface area contributed by atoms with Crippen LogP contribution in [0.4, 0.5) is 0 Å². The lowest BCUT2D eigenvalue weighted by Crippen LogP contribution is -2.28. The molecule has 1 atom stereocenters. The monoisotopic (exact) mass is 551 g/mol. The molecule has 4 heteroatoms. The van der Waals surface area contributed by atoms with Crippen LogP contribution in [0, 0.1) is 0 Å². The summed E-state index contributed by atoms with van der Waals surface area (Å²) in [5.74, 6) is 0.700. The highest BCUT2D eigenvalue weighted by atomic mass is 32.2. The molecule has 3 nitrogen and oxygen atoms in total. The molecule has 6 aromatic carbocycles. The summed E-state index contributed by atoms with van der Waals surface area (Å²) in [5.41, 5.74) is 6.47. The van der Waals surface area contributed by atoms with E-state index in [1.165, 1.54) is 27.8 Å². The van der Waals surface area contributed by atoms with Crippen molar-refractivity contribution in [1.82, 2.24) is 0 Å². The van der Waals surface area contributed by atoms with Gasteiger partial charge in [0.25, 0.3) is 0 Å². The van der Waals surface area contributed by atoms with Crippen molar-refractivity contribution in [3.8, 4) is 28.4 Å². The summed E-state index contributed by atoms with van der Waals surface area (Å²) in [5, 5.41) is 30.2. The van der Waals surface area contributed by atoms with Gasteiger partial charge in [0, 0.05) is 6.07 Å². The smallest absolute Gasteiger partial charge is 0.167 e. The third-order valence-electron chi connectivity index (χ3n) is 7.90. The van der Waals surface area contributed by atoms with Gasteiger partial charge < -0.3 is 15.3 Å². The first kappa shape index (κ1) is 25.1. The molecule has 3 N–H and O–H groups in total. The molecule has 0 amide bonds. The molecule has 0 saturated heterocycles. The average Bonchev–Trinajstić information content (AvgIpc) is 3.31. The third kappa shape index (κ3) is 4.07. The van der Waals surface area contributed by atoms with Crippen LogP contribution in [0.1, 0.15) is 22.3 Å². The van der Waals surface area contributed by atoms with E-state index in [0.29, 0.717) is 0 Å². The second kappa shape index (κ2) is 9.92. The molecule has 0 fully saturated rings. The zero-order valence-electron chi connectivity index (χ0n) is 22.1. The number of phenolic OH excluding ortho intramolecular Hbond substituents is 3. The zero-order chi connectivity index (χ0) is 28.0. The predicted molar refractivity (Wildman–Crippen MR) is 164 cm³/mol. The standard InChI is InChI=1S/C37H26O3S/c38-27-12-10-26(11-13-27)37(25-6-2-1-3-7-25)35-9-5-4-8-33(35)34-24-32(22-23-36(34)37)41(30-18-14-28(39)15-19-30)31-20-16-29(40)17-21-31/h1-24H,(H2-,38,39,40)/p+1. The van der Waals surface area contributed by atoms with Crippen LogP contribution < -0.4 is 0 Å². The summed E-state index contributed by atoms with van der Waals surface area (Å²) in [6.45, 7) is 0. The molecule has 6 aromatic rings. The van der Waals surface area contributed by atoms with Crippen molar-refractivity contribution in [1.29, 1.82) is 0 Å². The van der Waals surface area contributed by atoms with Gasteiger partial charge in [0.2, 0.25) is 0 Å². The minimum Gasteiger partial charge on any atom is -0.508 e. The maximum Gasteiger partial charge on any atom is 0.167 e. The number of aromatic hydroxyl groups is 3. The van der Waals surface area contributed by atoms with E-state index in [0.717, 1.165) is 20.2 Å². The van der Waals surface area contributed by atoms with Gasteiger partial charge in [-0.15, -0.1) is 0 Å². The van der Waals surface area contributed by atoms with Gasteiger partial charge in [-0.25, -0.2) is 0 Å². The first-order valence-corrected chi connectivity index (χ1v) is 14.7. The SMILES string of the molecule is Oc1ccc([S+](c2ccc(O)cc2)c2ccc3c(c2)-c2ccccc2C3(c2ccccc2)c2ccc(O)cc2)cc1. The van der Waals surface area contributed by atoms with Crippen LogP contribution in [0.3, 0.4) is 0 Å². The highest BCUT2D eigenvalue weighted by molar-refractivity contribution is 7.97. The van der Waals surface area contributed by atoms with Gasteiger partial charge in [0.1, 0.15) is 17.2 Å². The van der Waals surface area contributed by atoms with Crippen LogP contribution in [0.25, 0.3) is 11.1 Å². The largest absolute Gasteiger partial charge is 0.508 e. The number of phenols is 3. The van der Waals surface area contributed by atoms with E-state index in [4.69, 9.17) is 0 Å². The number of hydrogen-bond donors (Lipinski definition) is 3. The van der Waals surface area contributed by atoms with Gasteiger partial charge >= 0.3 is 0 Å². The summed E-state index contributed by atoms with van der Waals surface area (Å²) in [6, 6.07) is 48.3. The van der Waals surface area contributed by atoms with Crippen molar-refractivity contribution in [2.24, 2.45) is 0 Å². The Morgan fingerprint density at radius 1 is 0.390 bits per heavy atom. The fourth-order valence-corrected chi connectivity index (χ4v) is 8.22. The first-order valence-electron chi connectivity index (χ1n) is 13.5. The van der Waals surface area contributed by atoms with E-state index >= 15 is 0 Å². The van der Waals surface area contributed by atoms with Gasteiger partial charge in [-0.05, 0) is 100 Å². The Balaban J connectivity index is 1.50. The molecule has 0 radical (unpaired) electrons. The molecule has 0 heterocycles. The Morgan fingerprint density at radius 3 is 1.46 bits per heavy atom. The minimum atomic E-state index is -0.547. The average molecular weight is 552 g/mol. The minimum absolute atomic E-state index is 0.229. The van der Waals surface area contributed by atoms with E-state index in [1.54, 1.807) is 36.4 Å². The number of hydrogen-bond acceptors (Lipinski definition) is 3. The number of fused-ring (bicyclic) bond motifs is 3. The molecular formula is C37H27O3S+. The van der Waals surface area contributed by atoms with Gasteiger partial charge in [-0.3, -0.25) is 0 Å². The van der Waals surface area contributed by atoms with Crippen molar-refractivity contribution in [2.75, 3.05) is 0 Å². The van der Waals surface area contributed by atoms with E-state index in [-0.39, 0.29) is 17.2 Å². The zero-order valence-corrected chi connectivity index (χ0v) is 22.9. The van der Waals surface area contributed by atoms with E-state index in [1.807, 2.05) is 42.5 Å². The van der Waals surface area contributed by atoms with Crippen LogP contribution in [0.5, 0.6) is 17.2 Å². The van der Waals surface area contributed by atoms with Crippen LogP contribution in [-0.4, -0.2) is 15.3 Å². The Bertz CT molecular complexity index is 1800. The normalized spacial score (nSPS) is 15.4. The Hall–Kier alpha value is -4.93. The lowest BCUT2D eigenvalue weighted by atomic mass is 9.68. The van der Waals surface area contributed by atoms with Crippen LogP contribution in [0.15, 0.2) is 160 Å². The lowest BCUT2D eigenvalue weighted by Gasteiger charge is -2.33. The molecule has 0 bridgehead atoms. The molecular weight excluding hydrogens is 524 g/mol. The molecule has 198 valence electrons. The van der Waals surface area contributed by atoms with Gasteiger partial charge in [0.05, 0.1) is 16.3 Å². The molecule has 7 rings (SSSR count). The molecule has 1 aliphatic rings. The summed E-state index contributed by atoms with van der Waals surface area (Å²) >= 11 is 0. The predicted octanol–water partition coefficient (Wildman–Crippen LogP) is 8.26. The third-order valence-corrected chi connectivity index (χ3v) is 10.1. The molecule has 41 heavy (non-hydrogen) atoms. The van der Waals surface area contributed by atoms with E-state index in [9.17, 15) is 15.3 Å². The van der Waals surface area contributed by atoms with Gasteiger partial charge in [-0.1, -0.05) is 72.8 Å². The Labute approximate surface area is 242 Å². The van der Waals surface area contributed by atoms with Crippen molar-refractivity contribution >= 4 is 10.9 Å². The fraction of sp³-hybridized carbons (Fsp3) is 0.0270. The van der Waals surface area contributed by atoms with Gasteiger partial charge in [-0.2, -0.15) is 0 Å².